The van der Waals surface area contributed by atoms with Crippen LogP contribution in [0.1, 0.15) is 34.9 Å². The number of aliphatic imine (C=N–C) groups is 1. The molecule has 1 aromatic heterocycles. The predicted molar refractivity (Wildman–Crippen MR) is 107 cm³/mol. The van der Waals surface area contributed by atoms with Gasteiger partial charge in [0.25, 0.3) is 0 Å². The summed E-state index contributed by atoms with van der Waals surface area (Å²) in [4.78, 5) is 12.3. The van der Waals surface area contributed by atoms with Crippen molar-refractivity contribution in [1.29, 1.82) is 0 Å². The highest BCUT2D eigenvalue weighted by atomic mass is 32.1. The highest BCUT2D eigenvalue weighted by Gasteiger charge is 2.06. The van der Waals surface area contributed by atoms with Gasteiger partial charge in [-0.2, -0.15) is 0 Å². The molecular weight excluding hydrogens is 349 g/mol. The van der Waals surface area contributed by atoms with Crippen LogP contribution in [-0.4, -0.2) is 36.5 Å². The molecule has 142 valence electrons. The van der Waals surface area contributed by atoms with Gasteiger partial charge in [0.2, 0.25) is 0 Å². The van der Waals surface area contributed by atoms with E-state index in [1.54, 1.807) is 17.4 Å². The van der Waals surface area contributed by atoms with E-state index in [0.717, 1.165) is 29.5 Å². The molecule has 1 heterocycles. The van der Waals surface area contributed by atoms with Crippen molar-refractivity contribution in [1.82, 2.24) is 20.5 Å². The minimum absolute atomic E-state index is 0.174. The summed E-state index contributed by atoms with van der Waals surface area (Å²) in [5.74, 6) is 0.561. The number of rotatable bonds is 8. The van der Waals surface area contributed by atoms with E-state index in [1.165, 1.54) is 10.9 Å². The van der Waals surface area contributed by atoms with E-state index in [-0.39, 0.29) is 5.82 Å². The van der Waals surface area contributed by atoms with E-state index in [0.29, 0.717) is 25.2 Å². The van der Waals surface area contributed by atoms with Gasteiger partial charge in [-0.25, -0.2) is 14.4 Å². The third kappa shape index (κ3) is 6.38. The second kappa shape index (κ2) is 10.2. The number of aromatic nitrogens is 1. The van der Waals surface area contributed by atoms with Gasteiger partial charge in [0.15, 0.2) is 5.96 Å². The van der Waals surface area contributed by atoms with Crippen LogP contribution in [-0.2, 0) is 26.1 Å². The van der Waals surface area contributed by atoms with Crippen LogP contribution in [0.4, 0.5) is 4.39 Å². The Morgan fingerprint density at radius 3 is 2.73 bits per heavy atom. The van der Waals surface area contributed by atoms with Gasteiger partial charge in [-0.05, 0) is 45.1 Å². The minimum Gasteiger partial charge on any atom is -0.357 e. The Hall–Kier alpha value is -1.99. The second-order valence-electron chi connectivity index (χ2n) is 6.29. The molecule has 26 heavy (non-hydrogen) atoms. The van der Waals surface area contributed by atoms with Crippen LogP contribution < -0.4 is 10.6 Å². The number of aryl methyl sites for hydroxylation is 1. The van der Waals surface area contributed by atoms with Crippen molar-refractivity contribution >= 4 is 17.3 Å². The number of thiazole rings is 1. The summed E-state index contributed by atoms with van der Waals surface area (Å²) in [6.45, 7) is 6.65. The standard InChI is InChI=1S/C19H28FN5S/c1-5-16-11-22-18(26-16)12-24-19(21-6-2)23-10-14-7-8-17(20)15(9-14)13-25(3)4/h7-9,11H,5-6,10,12-13H2,1-4H3,(H2,21,23,24). The summed E-state index contributed by atoms with van der Waals surface area (Å²) < 4.78 is 13.9. The van der Waals surface area contributed by atoms with Crippen LogP contribution in [0.2, 0.25) is 0 Å². The second-order valence-corrected chi connectivity index (χ2v) is 7.49. The Morgan fingerprint density at radius 2 is 2.08 bits per heavy atom. The molecule has 2 rings (SSSR count). The zero-order chi connectivity index (χ0) is 18.9. The first-order valence-electron chi connectivity index (χ1n) is 8.89. The topological polar surface area (TPSA) is 52.6 Å². The maximum Gasteiger partial charge on any atom is 0.191 e. The Kier molecular flexibility index (Phi) is 8.00. The van der Waals surface area contributed by atoms with Gasteiger partial charge < -0.3 is 15.5 Å². The predicted octanol–water partition coefficient (Wildman–Crippen LogP) is 3.16. The van der Waals surface area contributed by atoms with Crippen molar-refractivity contribution in [3.63, 3.8) is 0 Å². The highest BCUT2D eigenvalue weighted by Crippen LogP contribution is 2.14. The lowest BCUT2D eigenvalue weighted by Gasteiger charge is -2.12. The fourth-order valence-corrected chi connectivity index (χ4v) is 3.26. The zero-order valence-electron chi connectivity index (χ0n) is 16.0. The molecule has 0 spiro atoms. The lowest BCUT2D eigenvalue weighted by molar-refractivity contribution is 0.392. The van der Waals surface area contributed by atoms with Crippen LogP contribution in [0.25, 0.3) is 0 Å². The molecule has 0 saturated heterocycles. The van der Waals surface area contributed by atoms with Crippen LogP contribution in [0, 0.1) is 5.82 Å². The van der Waals surface area contributed by atoms with Gasteiger partial charge in [0, 0.05) is 29.7 Å². The Morgan fingerprint density at radius 1 is 1.27 bits per heavy atom. The molecule has 5 nitrogen and oxygen atoms in total. The average molecular weight is 378 g/mol. The maximum absolute atomic E-state index is 13.9. The van der Waals surface area contributed by atoms with E-state index in [2.05, 4.69) is 27.5 Å². The summed E-state index contributed by atoms with van der Waals surface area (Å²) in [5.41, 5.74) is 1.68. The summed E-state index contributed by atoms with van der Waals surface area (Å²) in [6.07, 6.45) is 2.93. The quantitative estimate of drug-likeness (QED) is 0.548. The van der Waals surface area contributed by atoms with Crippen molar-refractivity contribution in [2.45, 2.75) is 39.9 Å². The average Bonchev–Trinajstić information content (AvgIpc) is 3.07. The minimum atomic E-state index is -0.174. The van der Waals surface area contributed by atoms with Gasteiger partial charge in [-0.3, -0.25) is 0 Å². The first-order valence-corrected chi connectivity index (χ1v) is 9.71. The third-order valence-corrected chi connectivity index (χ3v) is 4.86. The maximum atomic E-state index is 13.9. The molecule has 0 atom stereocenters. The smallest absolute Gasteiger partial charge is 0.191 e. The molecule has 7 heteroatoms. The van der Waals surface area contributed by atoms with E-state index in [1.807, 2.05) is 38.2 Å². The summed E-state index contributed by atoms with van der Waals surface area (Å²) in [6, 6.07) is 5.19. The van der Waals surface area contributed by atoms with Crippen molar-refractivity contribution in [2.75, 3.05) is 20.6 Å². The van der Waals surface area contributed by atoms with Crippen molar-refractivity contribution in [3.8, 4) is 0 Å². The van der Waals surface area contributed by atoms with Crippen LogP contribution >= 0.6 is 11.3 Å². The normalized spacial score (nSPS) is 11.8. The number of nitrogens with zero attached hydrogens (tertiary/aromatic N) is 3. The first kappa shape index (κ1) is 20.3. The van der Waals surface area contributed by atoms with Crippen LogP contribution in [0.3, 0.4) is 0 Å². The molecule has 2 aromatic rings. The largest absolute Gasteiger partial charge is 0.357 e. The fourth-order valence-electron chi connectivity index (χ4n) is 2.45. The molecule has 0 amide bonds. The molecule has 0 fully saturated rings. The zero-order valence-corrected chi connectivity index (χ0v) is 16.8. The number of hydrogen-bond acceptors (Lipinski definition) is 4. The summed E-state index contributed by atoms with van der Waals surface area (Å²) >= 11 is 1.71. The first-order chi connectivity index (χ1) is 12.5. The van der Waals surface area contributed by atoms with Crippen molar-refractivity contribution in [2.24, 2.45) is 4.99 Å². The van der Waals surface area contributed by atoms with E-state index in [9.17, 15) is 4.39 Å². The molecule has 2 N–H and O–H groups in total. The molecule has 0 saturated carbocycles. The number of benzene rings is 1. The molecule has 0 aliphatic heterocycles. The van der Waals surface area contributed by atoms with Crippen molar-refractivity contribution in [3.05, 3.63) is 51.2 Å². The van der Waals surface area contributed by atoms with Gasteiger partial charge >= 0.3 is 0 Å². The van der Waals surface area contributed by atoms with E-state index < -0.39 is 0 Å². The lowest BCUT2D eigenvalue weighted by Crippen LogP contribution is -2.36. The number of halogens is 1. The summed E-state index contributed by atoms with van der Waals surface area (Å²) in [7, 11) is 3.86. The van der Waals surface area contributed by atoms with Crippen LogP contribution in [0.5, 0.6) is 0 Å². The Balaban J connectivity index is 2.01. The highest BCUT2D eigenvalue weighted by molar-refractivity contribution is 7.11. The molecule has 0 aliphatic carbocycles. The fraction of sp³-hybridized carbons (Fsp3) is 0.474. The lowest BCUT2D eigenvalue weighted by atomic mass is 10.1. The number of guanidine groups is 1. The number of hydrogen-bond donors (Lipinski definition) is 2. The third-order valence-electron chi connectivity index (χ3n) is 3.72. The van der Waals surface area contributed by atoms with Gasteiger partial charge in [0.05, 0.1) is 13.1 Å². The monoisotopic (exact) mass is 377 g/mol. The molecule has 0 aliphatic rings. The molecule has 0 bridgehead atoms. The molecule has 0 radical (unpaired) electrons. The summed E-state index contributed by atoms with van der Waals surface area (Å²) in [5, 5.41) is 7.59. The molecule has 1 aromatic carbocycles. The van der Waals surface area contributed by atoms with E-state index in [4.69, 9.17) is 0 Å². The Bertz CT molecular complexity index is 726. The molecule has 0 unspecified atom stereocenters. The van der Waals surface area contributed by atoms with Crippen molar-refractivity contribution < 1.29 is 4.39 Å². The van der Waals surface area contributed by atoms with Gasteiger partial charge in [0.1, 0.15) is 10.8 Å². The molecular formula is C19H28FN5S. The van der Waals surface area contributed by atoms with Gasteiger partial charge in [-0.15, -0.1) is 11.3 Å². The van der Waals surface area contributed by atoms with Crippen LogP contribution in [0.15, 0.2) is 29.4 Å². The Labute approximate surface area is 159 Å². The number of nitrogens with one attached hydrogen (secondary N) is 2. The van der Waals surface area contributed by atoms with E-state index >= 15 is 0 Å². The SMILES string of the molecule is CCNC(=NCc1ccc(F)c(CN(C)C)c1)NCc1ncc(CC)s1. The van der Waals surface area contributed by atoms with Gasteiger partial charge in [-0.1, -0.05) is 13.0 Å².